The summed E-state index contributed by atoms with van der Waals surface area (Å²) in [6, 6.07) is 17.2. The van der Waals surface area contributed by atoms with Gasteiger partial charge in [-0.2, -0.15) is 0 Å². The molecule has 5 rings (SSSR count). The van der Waals surface area contributed by atoms with Gasteiger partial charge in [-0.1, -0.05) is 18.2 Å². The molecule has 0 spiro atoms. The fourth-order valence-electron chi connectivity index (χ4n) is 4.34. The maximum atomic E-state index is 13.2. The van der Waals surface area contributed by atoms with Crippen molar-refractivity contribution in [2.45, 2.75) is 0 Å². The predicted molar refractivity (Wildman–Crippen MR) is 135 cm³/mol. The molecule has 1 fully saturated rings. The quantitative estimate of drug-likeness (QED) is 0.459. The number of aromatic nitrogens is 3. The van der Waals surface area contributed by atoms with E-state index in [1.807, 2.05) is 57.9 Å². The minimum absolute atomic E-state index is 0.0427. The lowest BCUT2D eigenvalue weighted by atomic mass is 10.1. The first-order chi connectivity index (χ1) is 17.1. The van der Waals surface area contributed by atoms with Gasteiger partial charge < -0.3 is 24.6 Å². The fourth-order valence-corrected chi connectivity index (χ4v) is 4.34. The van der Waals surface area contributed by atoms with Crippen molar-refractivity contribution < 1.29 is 14.3 Å². The molecule has 4 aromatic rings. The van der Waals surface area contributed by atoms with Crippen LogP contribution in [0.1, 0.15) is 10.4 Å². The molecule has 1 amide bonds. The average Bonchev–Trinajstić information content (AvgIpc) is 3.31. The third-order valence-corrected chi connectivity index (χ3v) is 6.27. The number of ether oxygens (including phenoxy) is 2. The van der Waals surface area contributed by atoms with Gasteiger partial charge in [0.25, 0.3) is 5.91 Å². The number of hydrogen-bond donors (Lipinski definition) is 1. The third-order valence-electron chi connectivity index (χ3n) is 6.27. The van der Waals surface area contributed by atoms with E-state index in [2.05, 4.69) is 22.2 Å². The van der Waals surface area contributed by atoms with E-state index in [4.69, 9.17) is 14.6 Å². The molecule has 0 radical (unpaired) electrons. The zero-order valence-electron chi connectivity index (χ0n) is 20.1. The molecule has 9 heteroatoms. The first kappa shape index (κ1) is 22.7. The van der Waals surface area contributed by atoms with Gasteiger partial charge in [0.15, 0.2) is 5.75 Å². The van der Waals surface area contributed by atoms with Crippen molar-refractivity contribution in [3.63, 3.8) is 0 Å². The van der Waals surface area contributed by atoms with Crippen molar-refractivity contribution >= 4 is 23.1 Å². The Labute approximate surface area is 203 Å². The van der Waals surface area contributed by atoms with Gasteiger partial charge in [-0.25, -0.2) is 9.50 Å². The number of anilines is 2. The monoisotopic (exact) mass is 472 g/mol. The van der Waals surface area contributed by atoms with E-state index in [9.17, 15) is 4.79 Å². The first-order valence-electron chi connectivity index (χ1n) is 11.5. The molecule has 9 nitrogen and oxygen atoms in total. The van der Waals surface area contributed by atoms with Gasteiger partial charge in [0.2, 0.25) is 5.95 Å². The highest BCUT2D eigenvalue weighted by molar-refractivity contribution is 5.99. The van der Waals surface area contributed by atoms with Gasteiger partial charge in [0.05, 0.1) is 42.9 Å². The molecule has 0 bridgehead atoms. The number of carbonyl (C=O) groups is 1. The summed E-state index contributed by atoms with van der Waals surface area (Å²) in [5, 5.41) is 7.95. The predicted octanol–water partition coefficient (Wildman–Crippen LogP) is 3.54. The number of rotatable bonds is 6. The highest BCUT2D eigenvalue weighted by atomic mass is 16.5. The second kappa shape index (κ2) is 9.63. The zero-order valence-corrected chi connectivity index (χ0v) is 20.1. The van der Waals surface area contributed by atoms with Crippen molar-refractivity contribution in [3.05, 3.63) is 66.4 Å². The molecule has 2 aromatic heterocycles. The van der Waals surface area contributed by atoms with Crippen LogP contribution in [0.15, 0.2) is 60.8 Å². The molecule has 0 unspecified atom stereocenters. The smallest absolute Gasteiger partial charge is 0.257 e. The van der Waals surface area contributed by atoms with Crippen LogP contribution < -0.4 is 14.8 Å². The molecule has 180 valence electrons. The van der Waals surface area contributed by atoms with Crippen LogP contribution in [0.25, 0.3) is 16.8 Å². The highest BCUT2D eigenvalue weighted by Crippen LogP contribution is 2.33. The van der Waals surface area contributed by atoms with Gasteiger partial charge in [0.1, 0.15) is 5.75 Å². The topological polar surface area (TPSA) is 84.2 Å². The van der Waals surface area contributed by atoms with Crippen LogP contribution in [0.4, 0.5) is 11.6 Å². The van der Waals surface area contributed by atoms with Crippen molar-refractivity contribution in [3.8, 4) is 22.8 Å². The summed E-state index contributed by atoms with van der Waals surface area (Å²) in [7, 11) is 5.28. The lowest BCUT2D eigenvalue weighted by Gasteiger charge is -2.32. The molecule has 3 heterocycles. The standard InChI is InChI=1S/C26H28N6O3/c1-30-13-15-31(16-14-30)25(33)20-8-6-9-21(24(20)35-3)28-26-27-17-18-11-12-22(32(18)29-26)19-7-4-5-10-23(19)34-2/h4-12,17H,13-16H2,1-3H3,(H,28,29). The van der Waals surface area contributed by atoms with Crippen molar-refractivity contribution in [2.75, 3.05) is 52.8 Å². The molecule has 1 saturated heterocycles. The Hall–Kier alpha value is -4.11. The molecule has 1 aliphatic heterocycles. The second-order valence-electron chi connectivity index (χ2n) is 8.44. The Bertz CT molecular complexity index is 1360. The highest BCUT2D eigenvalue weighted by Gasteiger charge is 2.24. The number of amides is 1. The number of fused-ring (bicyclic) bond motifs is 1. The molecule has 35 heavy (non-hydrogen) atoms. The van der Waals surface area contributed by atoms with Crippen LogP contribution in [-0.4, -0.2) is 77.8 Å². The van der Waals surface area contributed by atoms with E-state index in [1.54, 1.807) is 26.5 Å². The summed E-state index contributed by atoms with van der Waals surface area (Å²) < 4.78 is 13.0. The summed E-state index contributed by atoms with van der Waals surface area (Å²) in [6.45, 7) is 3.08. The Morgan fingerprint density at radius 1 is 0.943 bits per heavy atom. The van der Waals surface area contributed by atoms with Crippen LogP contribution in [0.2, 0.25) is 0 Å². The van der Waals surface area contributed by atoms with Crippen LogP contribution >= 0.6 is 0 Å². The number of nitrogens with zero attached hydrogens (tertiary/aromatic N) is 5. The number of piperazine rings is 1. The summed E-state index contributed by atoms with van der Waals surface area (Å²) in [4.78, 5) is 21.8. The minimum atomic E-state index is -0.0427. The van der Waals surface area contributed by atoms with Crippen LogP contribution in [0, 0.1) is 0 Å². The van der Waals surface area contributed by atoms with Gasteiger partial charge in [-0.15, -0.1) is 5.10 Å². The molecule has 2 aromatic carbocycles. The maximum Gasteiger partial charge on any atom is 0.257 e. The number of nitrogens with one attached hydrogen (secondary N) is 1. The number of carbonyl (C=O) groups excluding carboxylic acids is 1. The van der Waals surface area contributed by atoms with Crippen LogP contribution in [0.3, 0.4) is 0 Å². The van der Waals surface area contributed by atoms with Gasteiger partial charge in [-0.05, 0) is 43.4 Å². The molecular formula is C26H28N6O3. The summed E-state index contributed by atoms with van der Waals surface area (Å²) in [5.74, 6) is 1.57. The second-order valence-corrected chi connectivity index (χ2v) is 8.44. The lowest BCUT2D eigenvalue weighted by molar-refractivity contribution is 0.0661. The summed E-state index contributed by atoms with van der Waals surface area (Å²) in [6.07, 6.45) is 1.75. The third kappa shape index (κ3) is 4.38. The number of hydrogen-bond acceptors (Lipinski definition) is 7. The van der Waals surface area contributed by atoms with Crippen LogP contribution in [0.5, 0.6) is 11.5 Å². The Balaban J connectivity index is 1.47. The van der Waals surface area contributed by atoms with Crippen molar-refractivity contribution in [2.24, 2.45) is 0 Å². The molecule has 1 N–H and O–H groups in total. The Morgan fingerprint density at radius 2 is 1.74 bits per heavy atom. The maximum absolute atomic E-state index is 13.2. The Morgan fingerprint density at radius 3 is 2.51 bits per heavy atom. The van der Waals surface area contributed by atoms with Gasteiger partial charge in [0, 0.05) is 31.7 Å². The number of methoxy groups -OCH3 is 2. The average molecular weight is 473 g/mol. The number of likely N-dealkylation sites (N-methyl/N-ethyl adjacent to an activating group) is 1. The van der Waals surface area contributed by atoms with E-state index < -0.39 is 0 Å². The molecule has 0 atom stereocenters. The van der Waals surface area contributed by atoms with E-state index in [1.165, 1.54) is 0 Å². The SMILES string of the molecule is COc1ccccc1-c1ccc2cnc(Nc3cccc(C(=O)N4CCN(C)CC4)c3OC)nn12. The molecular weight excluding hydrogens is 444 g/mol. The lowest BCUT2D eigenvalue weighted by Crippen LogP contribution is -2.47. The number of benzene rings is 2. The fraction of sp³-hybridized carbons (Fsp3) is 0.269. The molecule has 1 aliphatic rings. The number of para-hydroxylation sites is 2. The van der Waals surface area contributed by atoms with Crippen molar-refractivity contribution in [1.29, 1.82) is 0 Å². The largest absolute Gasteiger partial charge is 0.496 e. The molecule has 0 saturated carbocycles. The van der Waals surface area contributed by atoms with Crippen molar-refractivity contribution in [1.82, 2.24) is 24.4 Å². The van der Waals surface area contributed by atoms with E-state index in [-0.39, 0.29) is 5.91 Å². The van der Waals surface area contributed by atoms with E-state index in [0.717, 1.165) is 35.6 Å². The van der Waals surface area contributed by atoms with E-state index in [0.29, 0.717) is 36.0 Å². The zero-order chi connectivity index (χ0) is 24.4. The van der Waals surface area contributed by atoms with Gasteiger partial charge >= 0.3 is 0 Å². The molecule has 0 aliphatic carbocycles. The van der Waals surface area contributed by atoms with Gasteiger partial charge in [-0.3, -0.25) is 4.79 Å². The Kier molecular flexibility index (Phi) is 6.24. The normalized spacial score (nSPS) is 14.2. The van der Waals surface area contributed by atoms with Crippen LogP contribution in [-0.2, 0) is 0 Å². The first-order valence-corrected chi connectivity index (χ1v) is 11.5. The van der Waals surface area contributed by atoms with E-state index >= 15 is 0 Å². The summed E-state index contributed by atoms with van der Waals surface area (Å²) >= 11 is 0. The minimum Gasteiger partial charge on any atom is -0.496 e. The summed E-state index contributed by atoms with van der Waals surface area (Å²) in [5.41, 5.74) is 3.80.